The summed E-state index contributed by atoms with van der Waals surface area (Å²) in [6, 6.07) is 0. The summed E-state index contributed by atoms with van der Waals surface area (Å²) in [4.78, 5) is 2.61. The second-order valence-electron chi connectivity index (χ2n) is 5.00. The van der Waals surface area contributed by atoms with E-state index in [0.29, 0.717) is 0 Å². The Kier molecular flexibility index (Phi) is 2.40. The minimum absolute atomic E-state index is 0.928. The minimum Gasteiger partial charge on any atom is -0.303 e. The van der Waals surface area contributed by atoms with Gasteiger partial charge in [-0.05, 0) is 50.1 Å². The van der Waals surface area contributed by atoms with Crippen LogP contribution in [0.25, 0.3) is 0 Å². The molecule has 0 aromatic carbocycles. The van der Waals surface area contributed by atoms with Gasteiger partial charge in [-0.3, -0.25) is 0 Å². The van der Waals surface area contributed by atoms with Crippen LogP contribution in [0.15, 0.2) is 0 Å². The van der Waals surface area contributed by atoms with Gasteiger partial charge in [-0.25, -0.2) is 0 Å². The average molecular weight is 167 g/mol. The van der Waals surface area contributed by atoms with Gasteiger partial charge in [0.2, 0.25) is 0 Å². The molecule has 0 aromatic heterocycles. The molecule has 0 unspecified atom stereocenters. The lowest BCUT2D eigenvalue weighted by Crippen LogP contribution is -2.44. The molecular weight excluding hydrogens is 146 g/mol. The fraction of sp³-hybridized carbons (Fsp3) is 1.00. The highest BCUT2D eigenvalue weighted by Gasteiger charge is 2.32. The van der Waals surface area contributed by atoms with Gasteiger partial charge >= 0.3 is 0 Å². The minimum atomic E-state index is 0.928. The number of likely N-dealkylation sites (tertiary alicyclic amines) is 1. The first-order chi connectivity index (χ1) is 5.75. The van der Waals surface area contributed by atoms with Crippen LogP contribution in [-0.4, -0.2) is 24.5 Å². The third-order valence-corrected chi connectivity index (χ3v) is 3.68. The first-order valence-electron chi connectivity index (χ1n) is 5.48. The molecule has 0 aromatic rings. The number of nitrogens with zero attached hydrogens (tertiary/aromatic N) is 1. The summed E-state index contributed by atoms with van der Waals surface area (Å²) in [6.45, 7) is 8.89. The van der Waals surface area contributed by atoms with E-state index in [2.05, 4.69) is 18.7 Å². The zero-order valence-corrected chi connectivity index (χ0v) is 8.42. The van der Waals surface area contributed by atoms with E-state index >= 15 is 0 Å². The predicted octanol–water partition coefficient (Wildman–Crippen LogP) is 2.37. The Morgan fingerprint density at radius 3 is 2.33 bits per heavy atom. The van der Waals surface area contributed by atoms with E-state index in [1.165, 1.54) is 38.9 Å². The Morgan fingerprint density at radius 2 is 1.92 bits per heavy atom. The van der Waals surface area contributed by atoms with Crippen molar-refractivity contribution in [3.63, 3.8) is 0 Å². The smallest absolute Gasteiger partial charge is 0.000988 e. The van der Waals surface area contributed by atoms with Crippen molar-refractivity contribution in [2.75, 3.05) is 19.6 Å². The molecule has 1 heteroatoms. The van der Waals surface area contributed by atoms with Crippen LogP contribution in [0.5, 0.6) is 0 Å². The van der Waals surface area contributed by atoms with E-state index in [1.807, 2.05) is 0 Å². The number of hydrogen-bond donors (Lipinski definition) is 0. The monoisotopic (exact) mass is 167 g/mol. The lowest BCUT2D eigenvalue weighted by Gasteiger charge is -2.43. The van der Waals surface area contributed by atoms with Crippen molar-refractivity contribution in [3.8, 4) is 0 Å². The second-order valence-corrected chi connectivity index (χ2v) is 5.00. The normalized spacial score (nSPS) is 36.2. The van der Waals surface area contributed by atoms with Crippen molar-refractivity contribution < 1.29 is 0 Å². The Bertz CT molecular complexity index is 143. The number of hydrogen-bond acceptors (Lipinski definition) is 1. The topological polar surface area (TPSA) is 3.24 Å². The molecule has 2 fully saturated rings. The molecule has 1 saturated heterocycles. The molecule has 0 spiro atoms. The maximum absolute atomic E-state index is 2.61. The number of rotatable bonds is 3. The highest BCUT2D eigenvalue weighted by molar-refractivity contribution is 4.85. The Balaban J connectivity index is 1.61. The fourth-order valence-electron chi connectivity index (χ4n) is 2.41. The van der Waals surface area contributed by atoms with E-state index in [-0.39, 0.29) is 0 Å². The Morgan fingerprint density at radius 1 is 1.25 bits per heavy atom. The summed E-state index contributed by atoms with van der Waals surface area (Å²) in [7, 11) is 0. The summed E-state index contributed by atoms with van der Waals surface area (Å²) < 4.78 is 0. The first kappa shape index (κ1) is 8.55. The summed E-state index contributed by atoms with van der Waals surface area (Å²) in [5, 5.41) is 0. The lowest BCUT2D eigenvalue weighted by atomic mass is 9.69. The van der Waals surface area contributed by atoms with Crippen LogP contribution >= 0.6 is 0 Å². The summed E-state index contributed by atoms with van der Waals surface area (Å²) in [5.74, 6) is 3.03. The molecule has 0 N–H and O–H groups in total. The van der Waals surface area contributed by atoms with E-state index in [0.717, 1.165) is 17.8 Å². The van der Waals surface area contributed by atoms with Gasteiger partial charge in [0.25, 0.3) is 0 Å². The molecule has 12 heavy (non-hydrogen) atoms. The van der Waals surface area contributed by atoms with Crippen LogP contribution in [0.3, 0.4) is 0 Å². The second kappa shape index (κ2) is 3.37. The molecular formula is C11H21N. The van der Waals surface area contributed by atoms with Crippen molar-refractivity contribution in [3.05, 3.63) is 0 Å². The lowest BCUT2D eigenvalue weighted by molar-refractivity contribution is 0.0681. The quantitative estimate of drug-likeness (QED) is 0.624. The molecule has 0 bridgehead atoms. The van der Waals surface area contributed by atoms with Crippen molar-refractivity contribution >= 4 is 0 Å². The summed E-state index contributed by atoms with van der Waals surface area (Å²) >= 11 is 0. The van der Waals surface area contributed by atoms with Gasteiger partial charge in [0.15, 0.2) is 0 Å². The molecule has 70 valence electrons. The molecule has 1 heterocycles. The van der Waals surface area contributed by atoms with Crippen molar-refractivity contribution in [1.29, 1.82) is 0 Å². The van der Waals surface area contributed by atoms with E-state index in [9.17, 15) is 0 Å². The van der Waals surface area contributed by atoms with Crippen LogP contribution in [0, 0.1) is 17.8 Å². The van der Waals surface area contributed by atoms with Crippen LogP contribution in [0.2, 0.25) is 0 Å². The molecule has 0 atom stereocenters. The summed E-state index contributed by atoms with van der Waals surface area (Å²) in [6.07, 6.45) is 4.46. The molecule has 0 amide bonds. The largest absolute Gasteiger partial charge is 0.303 e. The van der Waals surface area contributed by atoms with Crippen LogP contribution < -0.4 is 0 Å². The summed E-state index contributed by atoms with van der Waals surface area (Å²) in [5.41, 5.74) is 0. The molecule has 1 saturated carbocycles. The zero-order valence-electron chi connectivity index (χ0n) is 8.42. The van der Waals surface area contributed by atoms with Crippen molar-refractivity contribution in [2.24, 2.45) is 17.8 Å². The SMILES string of the molecule is CC(C)[C@H]1C[C@@H](CN2CCC2)C1. The zero-order chi connectivity index (χ0) is 8.55. The van der Waals surface area contributed by atoms with E-state index < -0.39 is 0 Å². The molecule has 0 radical (unpaired) electrons. The molecule has 2 aliphatic rings. The fourth-order valence-corrected chi connectivity index (χ4v) is 2.41. The van der Waals surface area contributed by atoms with Gasteiger partial charge < -0.3 is 4.90 Å². The van der Waals surface area contributed by atoms with Gasteiger partial charge in [-0.15, -0.1) is 0 Å². The van der Waals surface area contributed by atoms with Crippen LogP contribution in [0.4, 0.5) is 0 Å². The molecule has 2 rings (SSSR count). The van der Waals surface area contributed by atoms with Crippen molar-refractivity contribution in [2.45, 2.75) is 33.1 Å². The Labute approximate surface area is 76.1 Å². The molecule has 1 nitrogen and oxygen atoms in total. The Hall–Kier alpha value is -0.0400. The molecule has 1 aliphatic heterocycles. The highest BCUT2D eigenvalue weighted by Crippen LogP contribution is 2.39. The van der Waals surface area contributed by atoms with Gasteiger partial charge in [0.05, 0.1) is 0 Å². The third-order valence-electron chi connectivity index (χ3n) is 3.68. The standard InChI is InChI=1S/C11H21N/c1-9(2)11-6-10(7-11)8-12-4-3-5-12/h9-11H,3-8H2,1-2H3/t10-,11+. The van der Waals surface area contributed by atoms with Gasteiger partial charge in [0, 0.05) is 6.54 Å². The third kappa shape index (κ3) is 1.66. The van der Waals surface area contributed by atoms with Crippen molar-refractivity contribution in [1.82, 2.24) is 4.90 Å². The van der Waals surface area contributed by atoms with Crippen LogP contribution in [-0.2, 0) is 0 Å². The van der Waals surface area contributed by atoms with Gasteiger partial charge in [-0.2, -0.15) is 0 Å². The molecule has 1 aliphatic carbocycles. The first-order valence-corrected chi connectivity index (χ1v) is 5.48. The predicted molar refractivity (Wildman–Crippen MR) is 52.1 cm³/mol. The van der Waals surface area contributed by atoms with Gasteiger partial charge in [0.1, 0.15) is 0 Å². The highest BCUT2D eigenvalue weighted by atomic mass is 15.2. The maximum Gasteiger partial charge on any atom is 0.000988 e. The van der Waals surface area contributed by atoms with Crippen LogP contribution in [0.1, 0.15) is 33.1 Å². The maximum atomic E-state index is 2.61. The van der Waals surface area contributed by atoms with E-state index in [1.54, 1.807) is 0 Å². The van der Waals surface area contributed by atoms with E-state index in [4.69, 9.17) is 0 Å². The van der Waals surface area contributed by atoms with Gasteiger partial charge in [-0.1, -0.05) is 13.8 Å². The average Bonchev–Trinajstić information content (AvgIpc) is 1.79.